The van der Waals surface area contributed by atoms with Crippen molar-refractivity contribution in [3.63, 3.8) is 0 Å². The second kappa shape index (κ2) is 6.03. The van der Waals surface area contributed by atoms with E-state index in [-0.39, 0.29) is 17.4 Å². The van der Waals surface area contributed by atoms with Crippen LogP contribution in [0, 0.1) is 0 Å². The topological polar surface area (TPSA) is 60.3 Å². The molecule has 1 aromatic heterocycles. The van der Waals surface area contributed by atoms with E-state index in [1.807, 2.05) is 24.3 Å². The lowest BCUT2D eigenvalue weighted by Crippen LogP contribution is -2.20. The van der Waals surface area contributed by atoms with Crippen LogP contribution in [-0.2, 0) is 11.8 Å². The highest BCUT2D eigenvalue weighted by molar-refractivity contribution is 7.16. The first-order valence-corrected chi connectivity index (χ1v) is 7.52. The second-order valence-corrected chi connectivity index (χ2v) is 5.75. The molecule has 0 saturated carbocycles. The van der Waals surface area contributed by atoms with Gasteiger partial charge >= 0.3 is 4.87 Å². The number of aryl methyl sites for hydroxylation is 1. The number of hydrogen-bond acceptors (Lipinski definition) is 4. The van der Waals surface area contributed by atoms with Crippen molar-refractivity contribution in [2.24, 2.45) is 7.05 Å². The molecular formula is C16H14N2O3S. The van der Waals surface area contributed by atoms with Crippen LogP contribution in [-0.4, -0.2) is 17.1 Å². The summed E-state index contributed by atoms with van der Waals surface area (Å²) < 4.78 is 7.82. The van der Waals surface area contributed by atoms with Crippen LogP contribution in [0.25, 0.3) is 10.2 Å². The Kier molecular flexibility index (Phi) is 3.93. The van der Waals surface area contributed by atoms with Gasteiger partial charge in [-0.15, -0.1) is 0 Å². The number of carbonyl (C=O) groups is 1. The largest absolute Gasteiger partial charge is 0.484 e. The molecule has 6 heteroatoms. The van der Waals surface area contributed by atoms with Crippen molar-refractivity contribution in [1.82, 2.24) is 4.57 Å². The summed E-state index contributed by atoms with van der Waals surface area (Å²) in [5.41, 5.74) is 1.50. The van der Waals surface area contributed by atoms with Gasteiger partial charge in [0.25, 0.3) is 5.91 Å². The number of nitrogens with one attached hydrogen (secondary N) is 1. The minimum absolute atomic E-state index is 0.0223. The van der Waals surface area contributed by atoms with Crippen LogP contribution >= 0.6 is 11.3 Å². The molecule has 0 spiro atoms. The molecule has 0 unspecified atom stereocenters. The Hall–Kier alpha value is -2.60. The number of anilines is 1. The molecule has 0 aliphatic heterocycles. The molecule has 1 heterocycles. The first-order valence-electron chi connectivity index (χ1n) is 6.71. The number of ether oxygens (including phenoxy) is 1. The molecule has 3 aromatic rings. The van der Waals surface area contributed by atoms with E-state index in [2.05, 4.69) is 5.32 Å². The van der Waals surface area contributed by atoms with Crippen molar-refractivity contribution in [2.75, 3.05) is 11.9 Å². The Bertz CT molecular complexity index is 868. The maximum absolute atomic E-state index is 11.9. The van der Waals surface area contributed by atoms with E-state index in [4.69, 9.17) is 4.74 Å². The number of para-hydroxylation sites is 1. The fourth-order valence-electron chi connectivity index (χ4n) is 2.07. The van der Waals surface area contributed by atoms with Crippen molar-refractivity contribution in [1.29, 1.82) is 0 Å². The Labute approximate surface area is 130 Å². The van der Waals surface area contributed by atoms with Gasteiger partial charge in [0.15, 0.2) is 6.61 Å². The van der Waals surface area contributed by atoms with Crippen LogP contribution in [0.5, 0.6) is 5.75 Å². The third kappa shape index (κ3) is 3.01. The molecule has 0 saturated heterocycles. The highest BCUT2D eigenvalue weighted by Gasteiger charge is 2.07. The summed E-state index contributed by atoms with van der Waals surface area (Å²) in [6.07, 6.45) is 0. The van der Waals surface area contributed by atoms with Crippen LogP contribution in [0.15, 0.2) is 53.3 Å². The van der Waals surface area contributed by atoms with Gasteiger partial charge in [0, 0.05) is 12.7 Å². The molecule has 112 valence electrons. The maximum atomic E-state index is 11.9. The van der Waals surface area contributed by atoms with Gasteiger partial charge in [0.1, 0.15) is 5.75 Å². The van der Waals surface area contributed by atoms with Crippen LogP contribution in [0.3, 0.4) is 0 Å². The summed E-state index contributed by atoms with van der Waals surface area (Å²) in [4.78, 5) is 23.5. The lowest BCUT2D eigenvalue weighted by atomic mass is 10.3. The Morgan fingerprint density at radius 3 is 2.77 bits per heavy atom. The van der Waals surface area contributed by atoms with Gasteiger partial charge in [-0.1, -0.05) is 29.5 Å². The highest BCUT2D eigenvalue weighted by Crippen LogP contribution is 2.21. The standard InChI is InChI=1S/C16H14N2O3S/c1-18-13-8-7-11(9-14(13)22-16(18)20)17-15(19)10-21-12-5-3-2-4-6-12/h2-9H,10H2,1H3,(H,17,19). The lowest BCUT2D eigenvalue weighted by Gasteiger charge is -2.07. The average Bonchev–Trinajstić information content (AvgIpc) is 2.81. The molecular weight excluding hydrogens is 300 g/mol. The number of benzene rings is 2. The molecule has 2 aromatic carbocycles. The van der Waals surface area contributed by atoms with E-state index in [1.54, 1.807) is 35.9 Å². The number of carbonyl (C=O) groups excluding carboxylic acids is 1. The number of rotatable bonds is 4. The number of amides is 1. The zero-order valence-electron chi connectivity index (χ0n) is 11.9. The molecule has 0 bridgehead atoms. The lowest BCUT2D eigenvalue weighted by molar-refractivity contribution is -0.118. The molecule has 5 nitrogen and oxygen atoms in total. The van der Waals surface area contributed by atoms with Crippen molar-refractivity contribution in [2.45, 2.75) is 0 Å². The fraction of sp³-hybridized carbons (Fsp3) is 0.125. The molecule has 0 fully saturated rings. The number of nitrogens with zero attached hydrogens (tertiary/aromatic N) is 1. The summed E-state index contributed by atoms with van der Waals surface area (Å²) >= 11 is 1.16. The first kappa shape index (κ1) is 14.3. The summed E-state index contributed by atoms with van der Waals surface area (Å²) in [6, 6.07) is 14.5. The second-order valence-electron chi connectivity index (χ2n) is 4.76. The third-order valence-corrected chi connectivity index (χ3v) is 4.18. The number of aromatic nitrogens is 1. The highest BCUT2D eigenvalue weighted by atomic mass is 32.1. The van der Waals surface area contributed by atoms with Crippen LogP contribution in [0.1, 0.15) is 0 Å². The molecule has 3 rings (SSSR count). The normalized spacial score (nSPS) is 10.6. The monoisotopic (exact) mass is 314 g/mol. The maximum Gasteiger partial charge on any atom is 0.307 e. The summed E-state index contributed by atoms with van der Waals surface area (Å²) in [7, 11) is 1.73. The molecule has 0 aliphatic carbocycles. The zero-order chi connectivity index (χ0) is 15.5. The Morgan fingerprint density at radius 2 is 2.00 bits per heavy atom. The van der Waals surface area contributed by atoms with Crippen LogP contribution in [0.4, 0.5) is 5.69 Å². The molecule has 0 radical (unpaired) electrons. The fourth-order valence-corrected chi connectivity index (χ4v) is 2.99. The van der Waals surface area contributed by atoms with Gasteiger partial charge in [-0.25, -0.2) is 0 Å². The third-order valence-electron chi connectivity index (χ3n) is 3.19. The van der Waals surface area contributed by atoms with Crippen LogP contribution in [0.2, 0.25) is 0 Å². The van der Waals surface area contributed by atoms with Gasteiger partial charge < -0.3 is 14.6 Å². The Balaban J connectivity index is 1.67. The van der Waals surface area contributed by atoms with E-state index >= 15 is 0 Å². The van der Waals surface area contributed by atoms with Crippen molar-refractivity contribution < 1.29 is 9.53 Å². The van der Waals surface area contributed by atoms with Gasteiger partial charge in [-0.2, -0.15) is 0 Å². The first-order chi connectivity index (χ1) is 10.6. The van der Waals surface area contributed by atoms with E-state index in [9.17, 15) is 9.59 Å². The predicted octanol–water partition coefficient (Wildman–Crippen LogP) is 2.62. The number of fused-ring (bicyclic) bond motifs is 1. The van der Waals surface area contributed by atoms with Crippen molar-refractivity contribution in [3.8, 4) is 5.75 Å². The van der Waals surface area contributed by atoms with E-state index in [1.165, 1.54) is 0 Å². The number of hydrogen-bond donors (Lipinski definition) is 1. The van der Waals surface area contributed by atoms with E-state index < -0.39 is 0 Å². The summed E-state index contributed by atoms with van der Waals surface area (Å²) in [5.74, 6) is 0.404. The Morgan fingerprint density at radius 1 is 1.23 bits per heavy atom. The predicted molar refractivity (Wildman–Crippen MR) is 87.6 cm³/mol. The quantitative estimate of drug-likeness (QED) is 0.805. The SMILES string of the molecule is Cn1c(=O)sc2cc(NC(=O)COc3ccccc3)ccc21. The summed E-state index contributed by atoms with van der Waals surface area (Å²) in [5, 5.41) is 2.76. The van der Waals surface area contributed by atoms with Gasteiger partial charge in [0.2, 0.25) is 0 Å². The van der Waals surface area contributed by atoms with Gasteiger partial charge in [0.05, 0.1) is 10.2 Å². The zero-order valence-corrected chi connectivity index (χ0v) is 12.7. The van der Waals surface area contributed by atoms with Gasteiger partial charge in [-0.05, 0) is 30.3 Å². The number of thiazole rings is 1. The minimum Gasteiger partial charge on any atom is -0.484 e. The summed E-state index contributed by atoms with van der Waals surface area (Å²) in [6.45, 7) is -0.0624. The van der Waals surface area contributed by atoms with E-state index in [0.29, 0.717) is 11.4 Å². The van der Waals surface area contributed by atoms with Crippen molar-refractivity contribution in [3.05, 3.63) is 58.2 Å². The molecule has 22 heavy (non-hydrogen) atoms. The smallest absolute Gasteiger partial charge is 0.307 e. The molecule has 1 amide bonds. The van der Waals surface area contributed by atoms with Crippen LogP contribution < -0.4 is 14.9 Å². The average molecular weight is 314 g/mol. The van der Waals surface area contributed by atoms with Crippen molar-refractivity contribution >= 4 is 33.1 Å². The van der Waals surface area contributed by atoms with E-state index in [0.717, 1.165) is 21.6 Å². The molecule has 1 N–H and O–H groups in total. The molecule has 0 atom stereocenters. The molecule has 0 aliphatic rings. The van der Waals surface area contributed by atoms with Gasteiger partial charge in [-0.3, -0.25) is 9.59 Å². The minimum atomic E-state index is -0.244.